The van der Waals surface area contributed by atoms with E-state index in [0.29, 0.717) is 25.5 Å². The van der Waals surface area contributed by atoms with Crippen LogP contribution in [0.2, 0.25) is 0 Å². The van der Waals surface area contributed by atoms with Gasteiger partial charge in [-0.05, 0) is 37.5 Å². The first-order valence-electron chi connectivity index (χ1n) is 9.01. The van der Waals surface area contributed by atoms with Gasteiger partial charge in [0.15, 0.2) is 9.84 Å². The molecule has 1 aromatic heterocycles. The van der Waals surface area contributed by atoms with Gasteiger partial charge >= 0.3 is 5.69 Å². The van der Waals surface area contributed by atoms with E-state index >= 15 is 0 Å². The molecule has 0 radical (unpaired) electrons. The van der Waals surface area contributed by atoms with Crippen molar-refractivity contribution >= 4 is 15.7 Å². The van der Waals surface area contributed by atoms with Gasteiger partial charge in [0.05, 0.1) is 11.3 Å². The van der Waals surface area contributed by atoms with Crippen molar-refractivity contribution in [1.29, 1.82) is 0 Å². The van der Waals surface area contributed by atoms with Crippen molar-refractivity contribution in [2.24, 2.45) is 0 Å². The van der Waals surface area contributed by atoms with Crippen LogP contribution in [-0.4, -0.2) is 53.3 Å². The number of nitrogens with one attached hydrogen (secondary N) is 1. The number of hydrogen-bond donors (Lipinski definition) is 1. The number of amides is 1. The first kappa shape index (κ1) is 19.3. The number of likely N-dealkylation sites (tertiary alicyclic amines) is 1. The summed E-state index contributed by atoms with van der Waals surface area (Å²) in [6, 6.07) is 6.41. The van der Waals surface area contributed by atoms with Gasteiger partial charge in [-0.1, -0.05) is 12.1 Å². The summed E-state index contributed by atoms with van der Waals surface area (Å²) < 4.78 is 24.7. The minimum atomic E-state index is -3.24. The number of H-pyrrole nitrogens is 1. The van der Waals surface area contributed by atoms with Crippen LogP contribution in [0.25, 0.3) is 0 Å². The van der Waals surface area contributed by atoms with E-state index in [0.717, 1.165) is 24.7 Å². The molecule has 2 aromatic rings. The molecule has 1 aliphatic rings. The smallest absolute Gasteiger partial charge is 0.342 e. The Hall–Kier alpha value is -2.42. The van der Waals surface area contributed by atoms with Crippen LogP contribution in [-0.2, 0) is 27.6 Å². The minimum Gasteiger partial charge on any atom is -0.342 e. The quantitative estimate of drug-likeness (QED) is 0.815. The van der Waals surface area contributed by atoms with Crippen molar-refractivity contribution in [3.05, 3.63) is 46.1 Å². The molecule has 0 bridgehead atoms. The van der Waals surface area contributed by atoms with E-state index in [2.05, 4.69) is 10.2 Å². The Morgan fingerprint density at radius 3 is 2.63 bits per heavy atom. The average Bonchev–Trinajstić information content (AvgIpc) is 3.02. The molecule has 1 fully saturated rings. The van der Waals surface area contributed by atoms with Gasteiger partial charge in [-0.3, -0.25) is 9.36 Å². The summed E-state index contributed by atoms with van der Waals surface area (Å²) in [7, 11) is -3.24. The third-order valence-electron chi connectivity index (χ3n) is 4.95. The summed E-state index contributed by atoms with van der Waals surface area (Å²) in [6.45, 7) is 3.65. The second-order valence-corrected chi connectivity index (χ2v) is 8.92. The van der Waals surface area contributed by atoms with Crippen LogP contribution in [0.4, 0.5) is 0 Å². The number of sulfone groups is 1. The lowest BCUT2D eigenvalue weighted by atomic mass is 9.96. The molecule has 1 atom stereocenters. The van der Waals surface area contributed by atoms with Crippen molar-refractivity contribution < 1.29 is 13.2 Å². The van der Waals surface area contributed by atoms with Gasteiger partial charge in [0.2, 0.25) is 5.91 Å². The highest BCUT2D eigenvalue weighted by Gasteiger charge is 2.28. The van der Waals surface area contributed by atoms with Crippen molar-refractivity contribution in [3.63, 3.8) is 0 Å². The second-order valence-electron chi connectivity index (χ2n) is 6.90. The molecule has 1 aliphatic heterocycles. The number of piperidine rings is 1. The summed E-state index contributed by atoms with van der Waals surface area (Å²) in [6.07, 6.45) is 3.12. The third-order valence-corrected chi connectivity index (χ3v) is 6.08. The first-order chi connectivity index (χ1) is 12.8. The molecule has 1 unspecified atom stereocenters. The van der Waals surface area contributed by atoms with Crippen LogP contribution in [0.15, 0.2) is 34.0 Å². The lowest BCUT2D eigenvalue weighted by Gasteiger charge is -2.32. The van der Waals surface area contributed by atoms with Crippen molar-refractivity contribution in [3.8, 4) is 0 Å². The normalized spacial score (nSPS) is 17.9. The first-order valence-corrected chi connectivity index (χ1v) is 10.9. The molecule has 3 rings (SSSR count). The van der Waals surface area contributed by atoms with Crippen LogP contribution < -0.4 is 5.69 Å². The van der Waals surface area contributed by atoms with Gasteiger partial charge in [0.1, 0.15) is 5.82 Å². The van der Waals surface area contributed by atoms with Crippen LogP contribution in [0, 0.1) is 0 Å². The summed E-state index contributed by atoms with van der Waals surface area (Å²) in [4.78, 5) is 26.5. The number of rotatable bonds is 5. The summed E-state index contributed by atoms with van der Waals surface area (Å²) in [5, 5.41) is 6.64. The maximum atomic E-state index is 12.7. The number of carbonyl (C=O) groups is 1. The van der Waals surface area contributed by atoms with E-state index in [1.807, 2.05) is 6.92 Å². The molecule has 27 heavy (non-hydrogen) atoms. The molecular formula is C18H24N4O4S. The van der Waals surface area contributed by atoms with Gasteiger partial charge in [-0.15, -0.1) is 0 Å². The summed E-state index contributed by atoms with van der Waals surface area (Å²) in [5.74, 6) is 0.736. The average molecular weight is 392 g/mol. The lowest BCUT2D eigenvalue weighted by molar-refractivity contribution is -0.131. The predicted molar refractivity (Wildman–Crippen MR) is 100 cm³/mol. The van der Waals surface area contributed by atoms with Crippen molar-refractivity contribution in [2.75, 3.05) is 19.3 Å². The number of carbonyl (C=O) groups excluding carboxylic acids is 1. The molecule has 1 saturated heterocycles. The van der Waals surface area contributed by atoms with Crippen molar-refractivity contribution in [2.45, 2.75) is 43.5 Å². The molecule has 8 nitrogen and oxygen atoms in total. The molecule has 0 saturated carbocycles. The fraction of sp³-hybridized carbons (Fsp3) is 0.500. The number of benzene rings is 1. The monoisotopic (exact) mass is 392 g/mol. The topological polar surface area (TPSA) is 105 Å². The zero-order valence-corrected chi connectivity index (χ0v) is 16.3. The fourth-order valence-electron chi connectivity index (χ4n) is 3.50. The number of aromatic amines is 1. The Kier molecular flexibility index (Phi) is 5.50. The fourth-order valence-corrected chi connectivity index (χ4v) is 4.13. The molecule has 9 heteroatoms. The van der Waals surface area contributed by atoms with Gasteiger partial charge in [-0.2, -0.15) is 5.10 Å². The van der Waals surface area contributed by atoms with Crippen LogP contribution >= 0.6 is 0 Å². The number of aromatic nitrogens is 3. The highest BCUT2D eigenvalue weighted by Crippen LogP contribution is 2.25. The molecule has 2 heterocycles. The standard InChI is InChI=1S/C18H24N4O4S/c1-3-22-17(19-20-18(22)24)14-5-4-10-21(12-14)16(23)11-13-6-8-15(9-7-13)27(2,25)26/h6-9,14H,3-5,10-12H2,1-2H3,(H,20,24). The van der Waals surface area contributed by atoms with E-state index in [4.69, 9.17) is 0 Å². The van der Waals surface area contributed by atoms with E-state index < -0.39 is 9.84 Å². The molecular weight excluding hydrogens is 368 g/mol. The second kappa shape index (κ2) is 7.67. The highest BCUT2D eigenvalue weighted by molar-refractivity contribution is 7.90. The molecule has 0 aliphatic carbocycles. The van der Waals surface area contributed by atoms with E-state index in [-0.39, 0.29) is 28.8 Å². The van der Waals surface area contributed by atoms with Crippen molar-refractivity contribution in [1.82, 2.24) is 19.7 Å². The SMILES string of the molecule is CCn1c(C2CCCN(C(=O)Cc3ccc(S(C)(=O)=O)cc3)C2)n[nH]c1=O. The number of nitrogens with zero attached hydrogens (tertiary/aromatic N) is 3. The predicted octanol–water partition coefficient (Wildman–Crippen LogP) is 0.943. The molecule has 0 spiro atoms. The van der Waals surface area contributed by atoms with Gasteiger partial charge in [0, 0.05) is 31.8 Å². The Morgan fingerprint density at radius 2 is 2.00 bits per heavy atom. The Morgan fingerprint density at radius 1 is 1.30 bits per heavy atom. The number of hydrogen-bond acceptors (Lipinski definition) is 5. The van der Waals surface area contributed by atoms with Crippen LogP contribution in [0.5, 0.6) is 0 Å². The van der Waals surface area contributed by atoms with Crippen LogP contribution in [0.3, 0.4) is 0 Å². The Labute approximate surface area is 158 Å². The lowest BCUT2D eigenvalue weighted by Crippen LogP contribution is -2.40. The summed E-state index contributed by atoms with van der Waals surface area (Å²) in [5.41, 5.74) is 0.557. The molecule has 146 valence electrons. The van der Waals surface area contributed by atoms with E-state index in [1.165, 1.54) is 12.1 Å². The zero-order chi connectivity index (χ0) is 19.6. The van der Waals surface area contributed by atoms with Gasteiger partial charge < -0.3 is 4.90 Å². The Bertz CT molecular complexity index is 976. The van der Waals surface area contributed by atoms with E-state index in [9.17, 15) is 18.0 Å². The minimum absolute atomic E-state index is 0.00673. The highest BCUT2D eigenvalue weighted by atomic mass is 32.2. The van der Waals surface area contributed by atoms with Crippen LogP contribution in [0.1, 0.15) is 37.1 Å². The maximum Gasteiger partial charge on any atom is 0.343 e. The largest absolute Gasteiger partial charge is 0.343 e. The molecule has 1 N–H and O–H groups in total. The van der Waals surface area contributed by atoms with E-state index in [1.54, 1.807) is 21.6 Å². The Balaban J connectivity index is 1.69. The maximum absolute atomic E-state index is 12.7. The van der Waals surface area contributed by atoms with Gasteiger partial charge in [0.25, 0.3) is 0 Å². The molecule has 1 amide bonds. The zero-order valence-electron chi connectivity index (χ0n) is 15.5. The van der Waals surface area contributed by atoms with Gasteiger partial charge in [-0.25, -0.2) is 18.3 Å². The third kappa shape index (κ3) is 4.29. The molecule has 1 aromatic carbocycles. The summed E-state index contributed by atoms with van der Waals surface area (Å²) >= 11 is 0.